The number of benzene rings is 2. The number of hydrogen-bond donors (Lipinski definition) is 0. The average molecular weight is 203 g/mol. The van der Waals surface area contributed by atoms with Crippen LogP contribution in [-0.2, 0) is 0 Å². The van der Waals surface area contributed by atoms with E-state index < -0.39 is 0 Å². The van der Waals surface area contributed by atoms with Gasteiger partial charge in [-0.3, -0.25) is 0 Å². The van der Waals surface area contributed by atoms with Gasteiger partial charge in [-0.15, -0.1) is 11.6 Å². The molecule has 0 saturated carbocycles. The van der Waals surface area contributed by atoms with Gasteiger partial charge in [-0.05, 0) is 16.3 Å². The van der Waals surface area contributed by atoms with Gasteiger partial charge >= 0.3 is 0 Å². The van der Waals surface area contributed by atoms with Gasteiger partial charge in [-0.2, -0.15) is 0 Å². The lowest BCUT2D eigenvalue weighted by Gasteiger charge is -2.00. The highest BCUT2D eigenvalue weighted by molar-refractivity contribution is 6.19. The zero-order valence-electron chi connectivity index (χ0n) is 7.78. The summed E-state index contributed by atoms with van der Waals surface area (Å²) in [6, 6.07) is 14.6. The van der Waals surface area contributed by atoms with Crippen LogP contribution in [0.25, 0.3) is 16.8 Å². The van der Waals surface area contributed by atoms with Crippen LogP contribution in [0.3, 0.4) is 0 Å². The summed E-state index contributed by atoms with van der Waals surface area (Å²) in [5.74, 6) is 0.559. The monoisotopic (exact) mass is 202 g/mol. The summed E-state index contributed by atoms with van der Waals surface area (Å²) >= 11 is 5.62. The Hall–Kier alpha value is -1.27. The molecule has 0 aliphatic rings. The highest BCUT2D eigenvalue weighted by Crippen LogP contribution is 2.19. The molecule has 0 aliphatic heterocycles. The molecule has 0 heterocycles. The Labute approximate surface area is 88.8 Å². The molecule has 0 bridgehead atoms. The van der Waals surface area contributed by atoms with E-state index in [1.165, 1.54) is 16.3 Å². The molecule has 0 saturated heterocycles. The Morgan fingerprint density at radius 3 is 2.64 bits per heavy atom. The first-order valence-corrected chi connectivity index (χ1v) is 5.15. The van der Waals surface area contributed by atoms with Crippen LogP contribution in [0, 0.1) is 0 Å². The molecular weight excluding hydrogens is 192 g/mol. The van der Waals surface area contributed by atoms with Crippen LogP contribution in [-0.4, -0.2) is 5.88 Å². The average Bonchev–Trinajstić information content (AvgIpc) is 2.26. The molecule has 0 fully saturated rings. The lowest BCUT2D eigenvalue weighted by Crippen LogP contribution is -1.77. The molecule has 0 nitrogen and oxygen atoms in total. The fourth-order valence-electron chi connectivity index (χ4n) is 1.57. The van der Waals surface area contributed by atoms with E-state index in [0.717, 1.165) is 0 Å². The SMILES string of the molecule is ClCC=Cc1cccc2ccccc12. The Balaban J connectivity index is 2.59. The maximum Gasteiger partial charge on any atom is 0.0407 e. The summed E-state index contributed by atoms with van der Waals surface area (Å²) in [5, 5.41) is 2.54. The molecule has 0 amide bonds. The maximum absolute atomic E-state index is 5.62. The Morgan fingerprint density at radius 1 is 1.00 bits per heavy atom. The molecule has 14 heavy (non-hydrogen) atoms. The second kappa shape index (κ2) is 4.30. The largest absolute Gasteiger partial charge is 0.122 e. The van der Waals surface area contributed by atoms with Gasteiger partial charge in [0.2, 0.25) is 0 Å². The topological polar surface area (TPSA) is 0 Å². The van der Waals surface area contributed by atoms with Crippen LogP contribution in [0.1, 0.15) is 5.56 Å². The van der Waals surface area contributed by atoms with Gasteiger partial charge in [0.15, 0.2) is 0 Å². The van der Waals surface area contributed by atoms with Crippen molar-refractivity contribution in [3.8, 4) is 0 Å². The van der Waals surface area contributed by atoms with E-state index in [1.807, 2.05) is 6.08 Å². The summed E-state index contributed by atoms with van der Waals surface area (Å²) in [7, 11) is 0. The van der Waals surface area contributed by atoms with E-state index in [-0.39, 0.29) is 0 Å². The van der Waals surface area contributed by atoms with E-state index in [2.05, 4.69) is 48.5 Å². The lowest BCUT2D eigenvalue weighted by molar-refractivity contribution is 1.69. The minimum Gasteiger partial charge on any atom is -0.122 e. The van der Waals surface area contributed by atoms with Crippen LogP contribution in [0.2, 0.25) is 0 Å². The molecule has 2 rings (SSSR count). The summed E-state index contributed by atoms with van der Waals surface area (Å²) in [5.41, 5.74) is 1.23. The summed E-state index contributed by atoms with van der Waals surface area (Å²) < 4.78 is 0. The van der Waals surface area contributed by atoms with E-state index >= 15 is 0 Å². The van der Waals surface area contributed by atoms with Crippen molar-refractivity contribution in [1.29, 1.82) is 0 Å². The quantitative estimate of drug-likeness (QED) is 0.644. The highest BCUT2D eigenvalue weighted by Gasteiger charge is 1.94. The van der Waals surface area contributed by atoms with Crippen molar-refractivity contribution in [3.63, 3.8) is 0 Å². The molecule has 2 aromatic carbocycles. The van der Waals surface area contributed by atoms with Gasteiger partial charge in [-0.1, -0.05) is 54.6 Å². The molecule has 0 spiro atoms. The van der Waals surface area contributed by atoms with Crippen LogP contribution in [0.5, 0.6) is 0 Å². The normalized spacial score (nSPS) is 11.2. The van der Waals surface area contributed by atoms with Crippen LogP contribution in [0.15, 0.2) is 48.5 Å². The van der Waals surface area contributed by atoms with Crippen molar-refractivity contribution in [2.45, 2.75) is 0 Å². The smallest absolute Gasteiger partial charge is 0.0407 e. The van der Waals surface area contributed by atoms with Crippen molar-refractivity contribution in [2.24, 2.45) is 0 Å². The summed E-state index contributed by atoms with van der Waals surface area (Å²) in [6.45, 7) is 0. The Kier molecular flexibility index (Phi) is 2.85. The molecule has 0 unspecified atom stereocenters. The third-order valence-electron chi connectivity index (χ3n) is 2.21. The van der Waals surface area contributed by atoms with Crippen molar-refractivity contribution in [2.75, 3.05) is 5.88 Å². The van der Waals surface area contributed by atoms with E-state index in [1.54, 1.807) is 0 Å². The zero-order valence-corrected chi connectivity index (χ0v) is 8.54. The second-order valence-corrected chi connectivity index (χ2v) is 3.43. The summed E-state index contributed by atoms with van der Waals surface area (Å²) in [4.78, 5) is 0. The van der Waals surface area contributed by atoms with Gasteiger partial charge in [0.1, 0.15) is 0 Å². The maximum atomic E-state index is 5.62. The molecule has 0 radical (unpaired) electrons. The third-order valence-corrected chi connectivity index (χ3v) is 2.39. The second-order valence-electron chi connectivity index (χ2n) is 3.13. The first-order chi connectivity index (χ1) is 6.92. The fraction of sp³-hybridized carbons (Fsp3) is 0.0769. The number of alkyl halides is 1. The highest BCUT2D eigenvalue weighted by atomic mass is 35.5. The number of halogens is 1. The number of hydrogen-bond acceptors (Lipinski definition) is 0. The molecule has 0 aliphatic carbocycles. The predicted octanol–water partition coefficient (Wildman–Crippen LogP) is 4.09. The van der Waals surface area contributed by atoms with E-state index in [0.29, 0.717) is 5.88 Å². The van der Waals surface area contributed by atoms with Gasteiger partial charge in [0.05, 0.1) is 0 Å². The number of fused-ring (bicyclic) bond motifs is 1. The van der Waals surface area contributed by atoms with Crippen molar-refractivity contribution in [1.82, 2.24) is 0 Å². The third kappa shape index (κ3) is 1.80. The minimum absolute atomic E-state index is 0.559. The zero-order chi connectivity index (χ0) is 9.80. The van der Waals surface area contributed by atoms with Gasteiger partial charge in [0, 0.05) is 5.88 Å². The Morgan fingerprint density at radius 2 is 1.79 bits per heavy atom. The van der Waals surface area contributed by atoms with Gasteiger partial charge < -0.3 is 0 Å². The van der Waals surface area contributed by atoms with Crippen LogP contribution in [0.4, 0.5) is 0 Å². The Bertz CT molecular complexity index is 452. The van der Waals surface area contributed by atoms with E-state index in [4.69, 9.17) is 11.6 Å². The van der Waals surface area contributed by atoms with E-state index in [9.17, 15) is 0 Å². The van der Waals surface area contributed by atoms with Crippen molar-refractivity contribution in [3.05, 3.63) is 54.1 Å². The van der Waals surface area contributed by atoms with Gasteiger partial charge in [0.25, 0.3) is 0 Å². The number of rotatable bonds is 2. The van der Waals surface area contributed by atoms with Crippen molar-refractivity contribution >= 4 is 28.4 Å². The first kappa shape index (κ1) is 9.29. The molecule has 0 N–H and O–H groups in total. The minimum atomic E-state index is 0.559. The first-order valence-electron chi connectivity index (χ1n) is 4.62. The fourth-order valence-corrected chi connectivity index (χ4v) is 1.66. The lowest BCUT2D eigenvalue weighted by atomic mass is 10.0. The molecule has 2 aromatic rings. The summed E-state index contributed by atoms with van der Waals surface area (Å²) in [6.07, 6.45) is 4.03. The molecule has 1 heteroatoms. The molecule has 0 aromatic heterocycles. The standard InChI is InChI=1S/C13H11Cl/c14-10-4-8-12-7-3-6-11-5-1-2-9-13(11)12/h1-9H,10H2. The predicted molar refractivity (Wildman–Crippen MR) is 63.7 cm³/mol. The van der Waals surface area contributed by atoms with Crippen LogP contribution < -0.4 is 0 Å². The van der Waals surface area contributed by atoms with Crippen LogP contribution >= 0.6 is 11.6 Å². The number of allylic oxidation sites excluding steroid dienone is 1. The van der Waals surface area contributed by atoms with Gasteiger partial charge in [-0.25, -0.2) is 0 Å². The van der Waals surface area contributed by atoms with Crippen molar-refractivity contribution < 1.29 is 0 Å². The molecule has 0 atom stereocenters. The molecular formula is C13H11Cl. The molecule has 70 valence electrons.